The molecule has 0 saturated carbocycles. The highest BCUT2D eigenvalue weighted by Crippen LogP contribution is 2.24. The van der Waals surface area contributed by atoms with Crippen LogP contribution in [0.4, 0.5) is 15.8 Å². The Labute approximate surface area is 111 Å². The van der Waals surface area contributed by atoms with E-state index < -0.39 is 23.0 Å². The zero-order valence-electron chi connectivity index (χ0n) is 11.3. The molecule has 0 aliphatic heterocycles. The Bertz CT molecular complexity index is 475. The van der Waals surface area contributed by atoms with Gasteiger partial charge in [-0.05, 0) is 32.9 Å². The molecule has 0 bridgehead atoms. The third-order valence-electron chi connectivity index (χ3n) is 2.61. The molecule has 5 nitrogen and oxygen atoms in total. The molecule has 0 spiro atoms. The lowest BCUT2D eigenvalue weighted by molar-refractivity contribution is 0.000696. The number of hydrogen-bond acceptors (Lipinski definition) is 4. The maximum atomic E-state index is 13.5. The SMILES string of the molecule is CCOC(C)(C)CNc1cc(F)c(C(=O)O)cc1N. The van der Waals surface area contributed by atoms with Crippen LogP contribution >= 0.6 is 0 Å². The van der Waals surface area contributed by atoms with Gasteiger partial charge in [0, 0.05) is 13.2 Å². The van der Waals surface area contributed by atoms with Gasteiger partial charge >= 0.3 is 5.97 Å². The Morgan fingerprint density at radius 2 is 2.16 bits per heavy atom. The van der Waals surface area contributed by atoms with Crippen LogP contribution in [0.2, 0.25) is 0 Å². The summed E-state index contributed by atoms with van der Waals surface area (Å²) in [5.41, 5.74) is 5.38. The van der Waals surface area contributed by atoms with Crippen LogP contribution in [0.5, 0.6) is 0 Å². The van der Waals surface area contributed by atoms with Gasteiger partial charge in [-0.25, -0.2) is 9.18 Å². The van der Waals surface area contributed by atoms with Crippen molar-refractivity contribution in [2.24, 2.45) is 0 Å². The van der Waals surface area contributed by atoms with Gasteiger partial charge < -0.3 is 20.9 Å². The van der Waals surface area contributed by atoms with Crippen molar-refractivity contribution in [1.29, 1.82) is 0 Å². The van der Waals surface area contributed by atoms with E-state index in [2.05, 4.69) is 5.32 Å². The predicted octanol–water partition coefficient (Wildman–Crippen LogP) is 2.33. The highest BCUT2D eigenvalue weighted by Gasteiger charge is 2.19. The summed E-state index contributed by atoms with van der Waals surface area (Å²) < 4.78 is 19.0. The number of nitrogens with one attached hydrogen (secondary N) is 1. The third-order valence-corrected chi connectivity index (χ3v) is 2.61. The second-order valence-corrected chi connectivity index (χ2v) is 4.77. The fraction of sp³-hybridized carbons (Fsp3) is 0.462. The van der Waals surface area contributed by atoms with Crippen LogP contribution in [0.25, 0.3) is 0 Å². The van der Waals surface area contributed by atoms with E-state index in [0.29, 0.717) is 18.8 Å². The molecule has 0 atom stereocenters. The van der Waals surface area contributed by atoms with Crippen molar-refractivity contribution in [3.05, 3.63) is 23.5 Å². The number of rotatable bonds is 6. The molecule has 0 radical (unpaired) electrons. The lowest BCUT2D eigenvalue weighted by atomic mass is 10.1. The van der Waals surface area contributed by atoms with E-state index in [1.165, 1.54) is 0 Å². The summed E-state index contributed by atoms with van der Waals surface area (Å²) in [5.74, 6) is -2.16. The smallest absolute Gasteiger partial charge is 0.338 e. The molecule has 0 aliphatic carbocycles. The summed E-state index contributed by atoms with van der Waals surface area (Å²) in [5, 5.41) is 11.7. The van der Waals surface area contributed by atoms with Crippen LogP contribution in [0.15, 0.2) is 12.1 Å². The number of anilines is 2. The minimum Gasteiger partial charge on any atom is -0.478 e. The van der Waals surface area contributed by atoms with E-state index in [1.807, 2.05) is 20.8 Å². The van der Waals surface area contributed by atoms with Gasteiger partial charge in [-0.3, -0.25) is 0 Å². The average molecular weight is 270 g/mol. The molecule has 0 heterocycles. The molecule has 4 N–H and O–H groups in total. The second kappa shape index (κ2) is 5.88. The topological polar surface area (TPSA) is 84.6 Å². The Morgan fingerprint density at radius 1 is 1.53 bits per heavy atom. The van der Waals surface area contributed by atoms with E-state index in [-0.39, 0.29) is 5.69 Å². The van der Waals surface area contributed by atoms with Gasteiger partial charge in [0.1, 0.15) is 5.82 Å². The normalized spacial score (nSPS) is 11.4. The predicted molar refractivity (Wildman–Crippen MR) is 72.0 cm³/mol. The van der Waals surface area contributed by atoms with Crippen LogP contribution in [0.1, 0.15) is 31.1 Å². The largest absolute Gasteiger partial charge is 0.478 e. The number of carboxylic acids is 1. The molecule has 0 unspecified atom stereocenters. The van der Waals surface area contributed by atoms with Crippen molar-refractivity contribution < 1.29 is 19.0 Å². The summed E-state index contributed by atoms with van der Waals surface area (Å²) in [6.45, 7) is 6.66. The van der Waals surface area contributed by atoms with Gasteiger partial charge in [0.25, 0.3) is 0 Å². The molecule has 0 aliphatic rings. The number of hydrogen-bond donors (Lipinski definition) is 3. The fourth-order valence-corrected chi connectivity index (χ4v) is 1.66. The number of nitrogens with two attached hydrogens (primary N) is 1. The number of nitrogen functional groups attached to an aromatic ring is 1. The van der Waals surface area contributed by atoms with Crippen LogP contribution in [-0.4, -0.2) is 29.8 Å². The molecule has 19 heavy (non-hydrogen) atoms. The van der Waals surface area contributed by atoms with Crippen LogP contribution < -0.4 is 11.1 Å². The summed E-state index contributed by atoms with van der Waals surface area (Å²) in [6, 6.07) is 2.19. The quantitative estimate of drug-likeness (QED) is 0.691. The fourth-order valence-electron chi connectivity index (χ4n) is 1.66. The van der Waals surface area contributed by atoms with Gasteiger partial charge in [0.15, 0.2) is 0 Å². The lowest BCUT2D eigenvalue weighted by Gasteiger charge is -2.26. The monoisotopic (exact) mass is 270 g/mol. The molecule has 6 heteroatoms. The first-order valence-corrected chi connectivity index (χ1v) is 5.97. The van der Waals surface area contributed by atoms with Crippen molar-refractivity contribution in [1.82, 2.24) is 0 Å². The van der Waals surface area contributed by atoms with Gasteiger partial charge in [-0.15, -0.1) is 0 Å². The van der Waals surface area contributed by atoms with Crippen molar-refractivity contribution in [3.63, 3.8) is 0 Å². The number of carbonyl (C=O) groups is 1. The maximum Gasteiger partial charge on any atom is 0.338 e. The second-order valence-electron chi connectivity index (χ2n) is 4.77. The van der Waals surface area contributed by atoms with Crippen molar-refractivity contribution in [2.75, 3.05) is 24.2 Å². The first kappa shape index (κ1) is 15.2. The molecule has 1 aromatic carbocycles. The van der Waals surface area contributed by atoms with E-state index in [1.54, 1.807) is 0 Å². The van der Waals surface area contributed by atoms with E-state index in [0.717, 1.165) is 12.1 Å². The summed E-state index contributed by atoms with van der Waals surface area (Å²) in [4.78, 5) is 10.8. The van der Waals surface area contributed by atoms with E-state index in [9.17, 15) is 9.18 Å². The zero-order chi connectivity index (χ0) is 14.6. The summed E-state index contributed by atoms with van der Waals surface area (Å²) >= 11 is 0. The summed E-state index contributed by atoms with van der Waals surface area (Å²) in [6.07, 6.45) is 0. The first-order valence-electron chi connectivity index (χ1n) is 5.97. The molecule has 1 rings (SSSR count). The molecule has 106 valence electrons. The van der Waals surface area contributed by atoms with Gasteiger partial charge in [-0.1, -0.05) is 0 Å². The van der Waals surface area contributed by atoms with Crippen molar-refractivity contribution in [3.8, 4) is 0 Å². The molecule has 0 amide bonds. The van der Waals surface area contributed by atoms with Gasteiger partial charge in [-0.2, -0.15) is 0 Å². The zero-order valence-corrected chi connectivity index (χ0v) is 11.3. The molecule has 0 saturated heterocycles. The van der Waals surface area contributed by atoms with Crippen molar-refractivity contribution >= 4 is 17.3 Å². The number of ether oxygens (including phenoxy) is 1. The lowest BCUT2D eigenvalue weighted by Crippen LogP contribution is -2.33. The number of halogens is 1. The van der Waals surface area contributed by atoms with Crippen LogP contribution in [0.3, 0.4) is 0 Å². The molecule has 1 aromatic rings. The Morgan fingerprint density at radius 3 is 2.68 bits per heavy atom. The standard InChI is InChI=1S/C13H19FN2O3/c1-4-19-13(2,3)7-16-11-6-9(14)8(12(17)18)5-10(11)15/h5-6,16H,4,7,15H2,1-3H3,(H,17,18). The third kappa shape index (κ3) is 4.10. The minimum atomic E-state index is -1.34. The molecular formula is C13H19FN2O3. The van der Waals surface area contributed by atoms with Crippen molar-refractivity contribution in [2.45, 2.75) is 26.4 Å². The number of benzene rings is 1. The highest BCUT2D eigenvalue weighted by atomic mass is 19.1. The van der Waals surface area contributed by atoms with Gasteiger partial charge in [0.2, 0.25) is 0 Å². The number of carboxylic acid groups (broad SMARTS) is 1. The Balaban J connectivity index is 2.86. The molecular weight excluding hydrogens is 251 g/mol. The Hall–Kier alpha value is -1.82. The summed E-state index contributed by atoms with van der Waals surface area (Å²) in [7, 11) is 0. The highest BCUT2D eigenvalue weighted by molar-refractivity contribution is 5.90. The Kier molecular flexibility index (Phi) is 4.72. The van der Waals surface area contributed by atoms with E-state index in [4.69, 9.17) is 15.6 Å². The van der Waals surface area contributed by atoms with E-state index >= 15 is 0 Å². The minimum absolute atomic E-state index is 0.186. The maximum absolute atomic E-state index is 13.5. The number of aromatic carboxylic acids is 1. The molecule has 0 fully saturated rings. The van der Waals surface area contributed by atoms with Crippen LogP contribution in [0, 0.1) is 5.82 Å². The van der Waals surface area contributed by atoms with Crippen LogP contribution in [-0.2, 0) is 4.74 Å². The van der Waals surface area contributed by atoms with Gasteiger partial charge in [0.05, 0.1) is 22.5 Å². The average Bonchev–Trinajstić information content (AvgIpc) is 2.29. The first-order chi connectivity index (χ1) is 8.76. The molecule has 0 aromatic heterocycles.